The van der Waals surface area contributed by atoms with Crippen LogP contribution in [-0.4, -0.2) is 48.4 Å². The van der Waals surface area contributed by atoms with E-state index in [1.165, 1.54) is 0 Å². The molecule has 20 heavy (non-hydrogen) atoms. The van der Waals surface area contributed by atoms with Gasteiger partial charge in [0.2, 0.25) is 5.91 Å². The van der Waals surface area contributed by atoms with Crippen LogP contribution in [0.4, 0.5) is 16.2 Å². The molecule has 3 N–H and O–H groups in total. The fourth-order valence-corrected chi connectivity index (χ4v) is 2.19. The smallest absolute Gasteiger partial charge is 0.319 e. The van der Waals surface area contributed by atoms with Crippen LogP contribution in [0.1, 0.15) is 6.42 Å². The number of hydrogen-bond acceptors (Lipinski definition) is 3. The predicted molar refractivity (Wildman–Crippen MR) is 78.7 cm³/mol. The average molecular weight is 297 g/mol. The Morgan fingerprint density at radius 1 is 1.45 bits per heavy atom. The number of nitrogens with zero attached hydrogens (tertiary/aromatic N) is 2. The summed E-state index contributed by atoms with van der Waals surface area (Å²) < 4.78 is 0. The summed E-state index contributed by atoms with van der Waals surface area (Å²) >= 11 is 5.79. The molecule has 0 radical (unpaired) electrons. The van der Waals surface area contributed by atoms with Crippen molar-refractivity contribution in [3.05, 3.63) is 23.2 Å². The van der Waals surface area contributed by atoms with E-state index >= 15 is 0 Å². The monoisotopic (exact) mass is 296 g/mol. The third-order valence-corrected chi connectivity index (χ3v) is 3.43. The van der Waals surface area contributed by atoms with Crippen molar-refractivity contribution in [2.24, 2.45) is 0 Å². The summed E-state index contributed by atoms with van der Waals surface area (Å²) in [7, 11) is 1.75. The van der Waals surface area contributed by atoms with Crippen molar-refractivity contribution < 1.29 is 9.59 Å². The number of urea groups is 1. The quantitative estimate of drug-likeness (QED) is 0.829. The lowest BCUT2D eigenvalue weighted by Crippen LogP contribution is -2.32. The van der Waals surface area contributed by atoms with E-state index in [0.717, 1.165) is 0 Å². The van der Waals surface area contributed by atoms with Crippen molar-refractivity contribution in [2.45, 2.75) is 6.42 Å². The lowest BCUT2D eigenvalue weighted by atomic mass is 10.2. The van der Waals surface area contributed by atoms with Gasteiger partial charge in [-0.15, -0.1) is 0 Å². The Morgan fingerprint density at radius 2 is 2.20 bits per heavy atom. The standard InChI is InChI=1S/C13H17ClN4O2/c1-17-6-7-18(13(17)20)5-4-12(19)16-11-3-2-9(14)8-10(11)15/h2-3,8H,4-7,15H2,1H3,(H,16,19). The molecule has 1 saturated heterocycles. The molecule has 1 fully saturated rings. The Balaban J connectivity index is 1.85. The van der Waals surface area contributed by atoms with Crippen LogP contribution in [0, 0.1) is 0 Å². The molecule has 1 aliphatic rings. The molecule has 0 atom stereocenters. The van der Waals surface area contributed by atoms with Gasteiger partial charge in [0.25, 0.3) is 0 Å². The van der Waals surface area contributed by atoms with Crippen LogP contribution in [0.15, 0.2) is 18.2 Å². The molecule has 1 aromatic rings. The number of benzene rings is 1. The number of rotatable bonds is 4. The summed E-state index contributed by atoms with van der Waals surface area (Å²) in [4.78, 5) is 26.8. The van der Waals surface area contributed by atoms with Crippen molar-refractivity contribution in [1.82, 2.24) is 9.80 Å². The zero-order valence-electron chi connectivity index (χ0n) is 11.2. The molecule has 1 heterocycles. The maximum Gasteiger partial charge on any atom is 0.319 e. The van der Waals surface area contributed by atoms with Crippen molar-refractivity contribution in [2.75, 3.05) is 37.7 Å². The second kappa shape index (κ2) is 6.00. The van der Waals surface area contributed by atoms with E-state index in [-0.39, 0.29) is 18.4 Å². The second-order valence-electron chi connectivity index (χ2n) is 4.72. The number of carbonyl (C=O) groups excluding carboxylic acids is 2. The highest BCUT2D eigenvalue weighted by atomic mass is 35.5. The maximum atomic E-state index is 11.8. The molecule has 7 heteroatoms. The number of hydrogen-bond donors (Lipinski definition) is 2. The van der Waals surface area contributed by atoms with Crippen LogP contribution in [0.5, 0.6) is 0 Å². The zero-order chi connectivity index (χ0) is 14.7. The fourth-order valence-electron chi connectivity index (χ4n) is 2.01. The summed E-state index contributed by atoms with van der Waals surface area (Å²) in [6.45, 7) is 1.76. The van der Waals surface area contributed by atoms with E-state index in [2.05, 4.69) is 5.32 Å². The zero-order valence-corrected chi connectivity index (χ0v) is 12.0. The number of amides is 3. The first-order valence-electron chi connectivity index (χ1n) is 6.32. The van der Waals surface area contributed by atoms with E-state index < -0.39 is 0 Å². The van der Waals surface area contributed by atoms with Crippen LogP contribution >= 0.6 is 11.6 Å². The number of nitrogens with two attached hydrogens (primary N) is 1. The van der Waals surface area contributed by atoms with Gasteiger partial charge in [-0.2, -0.15) is 0 Å². The molecule has 1 aliphatic heterocycles. The molecule has 0 spiro atoms. The molecule has 1 aromatic carbocycles. The van der Waals surface area contributed by atoms with Gasteiger partial charge in [-0.3, -0.25) is 4.79 Å². The predicted octanol–water partition coefficient (Wildman–Crippen LogP) is 1.62. The number of halogens is 1. The molecule has 2 rings (SSSR count). The van der Waals surface area contributed by atoms with Gasteiger partial charge < -0.3 is 20.9 Å². The molecule has 0 aliphatic carbocycles. The van der Waals surface area contributed by atoms with Gasteiger partial charge in [-0.05, 0) is 18.2 Å². The van der Waals surface area contributed by atoms with Crippen LogP contribution < -0.4 is 11.1 Å². The first-order chi connectivity index (χ1) is 9.47. The maximum absolute atomic E-state index is 11.8. The Labute approximate surface area is 122 Å². The Kier molecular flexibility index (Phi) is 4.34. The van der Waals surface area contributed by atoms with Gasteiger partial charge in [0.05, 0.1) is 11.4 Å². The fraction of sp³-hybridized carbons (Fsp3) is 0.385. The van der Waals surface area contributed by atoms with Gasteiger partial charge in [0.15, 0.2) is 0 Å². The van der Waals surface area contributed by atoms with Crippen molar-refractivity contribution in [3.8, 4) is 0 Å². The van der Waals surface area contributed by atoms with Crippen LogP contribution in [0.25, 0.3) is 0 Å². The van der Waals surface area contributed by atoms with Gasteiger partial charge >= 0.3 is 6.03 Å². The van der Waals surface area contributed by atoms with Crippen LogP contribution in [-0.2, 0) is 4.79 Å². The lowest BCUT2D eigenvalue weighted by molar-refractivity contribution is -0.116. The van der Waals surface area contributed by atoms with E-state index in [0.29, 0.717) is 36.0 Å². The highest BCUT2D eigenvalue weighted by Crippen LogP contribution is 2.22. The van der Waals surface area contributed by atoms with Gasteiger partial charge in [0.1, 0.15) is 0 Å². The first kappa shape index (κ1) is 14.5. The molecule has 0 unspecified atom stereocenters. The average Bonchev–Trinajstić information content (AvgIpc) is 2.71. The topological polar surface area (TPSA) is 78.7 Å². The first-order valence-corrected chi connectivity index (χ1v) is 6.70. The highest BCUT2D eigenvalue weighted by molar-refractivity contribution is 6.31. The normalized spacial score (nSPS) is 14.8. The number of carbonyl (C=O) groups is 2. The van der Waals surface area contributed by atoms with E-state index in [1.54, 1.807) is 35.0 Å². The Bertz CT molecular complexity index is 535. The minimum Gasteiger partial charge on any atom is -0.397 e. The number of nitrogen functional groups attached to an aromatic ring is 1. The SMILES string of the molecule is CN1CCN(CCC(=O)Nc2ccc(Cl)cc2N)C1=O. The third-order valence-electron chi connectivity index (χ3n) is 3.20. The highest BCUT2D eigenvalue weighted by Gasteiger charge is 2.25. The third kappa shape index (κ3) is 3.33. The molecule has 6 nitrogen and oxygen atoms in total. The summed E-state index contributed by atoms with van der Waals surface area (Å²) in [6, 6.07) is 4.86. The molecular formula is C13H17ClN4O2. The van der Waals surface area contributed by atoms with Crippen LogP contribution in [0.2, 0.25) is 5.02 Å². The minimum atomic E-state index is -0.179. The lowest BCUT2D eigenvalue weighted by Gasteiger charge is -2.15. The summed E-state index contributed by atoms with van der Waals surface area (Å²) in [6.07, 6.45) is 0.238. The van der Waals surface area contributed by atoms with E-state index in [9.17, 15) is 9.59 Å². The largest absolute Gasteiger partial charge is 0.397 e. The summed E-state index contributed by atoms with van der Waals surface area (Å²) in [5, 5.41) is 3.23. The van der Waals surface area contributed by atoms with Crippen molar-refractivity contribution >= 4 is 34.9 Å². The number of likely N-dealkylation sites (N-methyl/N-ethyl adjacent to an activating group) is 1. The van der Waals surface area contributed by atoms with E-state index in [4.69, 9.17) is 17.3 Å². The van der Waals surface area contributed by atoms with Gasteiger partial charge in [-0.25, -0.2) is 4.79 Å². The van der Waals surface area contributed by atoms with Gasteiger partial charge in [-0.1, -0.05) is 11.6 Å². The number of nitrogens with one attached hydrogen (secondary N) is 1. The Morgan fingerprint density at radius 3 is 2.80 bits per heavy atom. The van der Waals surface area contributed by atoms with Crippen molar-refractivity contribution in [1.29, 1.82) is 0 Å². The second-order valence-corrected chi connectivity index (χ2v) is 5.16. The molecule has 108 valence electrons. The molecule has 0 bridgehead atoms. The van der Waals surface area contributed by atoms with Crippen LogP contribution in [0.3, 0.4) is 0 Å². The molecular weight excluding hydrogens is 280 g/mol. The van der Waals surface area contributed by atoms with Gasteiger partial charge in [0, 0.05) is 38.1 Å². The molecule has 0 aromatic heterocycles. The van der Waals surface area contributed by atoms with E-state index in [1.807, 2.05) is 0 Å². The summed E-state index contributed by atoms with van der Waals surface area (Å²) in [5.41, 5.74) is 6.71. The molecule has 3 amide bonds. The Hall–Kier alpha value is -1.95. The summed E-state index contributed by atoms with van der Waals surface area (Å²) in [5.74, 6) is -0.179. The number of anilines is 2. The molecule has 0 saturated carbocycles. The minimum absolute atomic E-state index is 0.0381. The van der Waals surface area contributed by atoms with Crippen molar-refractivity contribution in [3.63, 3.8) is 0 Å².